The lowest BCUT2D eigenvalue weighted by Crippen LogP contribution is -2.54. The van der Waals surface area contributed by atoms with Crippen LogP contribution in [0, 0.1) is 0 Å². The normalized spacial score (nSPS) is 17.9. The number of rotatable bonds is 4. The third-order valence-electron chi connectivity index (χ3n) is 3.83. The van der Waals surface area contributed by atoms with Gasteiger partial charge in [-0.05, 0) is 33.4 Å². The van der Waals surface area contributed by atoms with Crippen LogP contribution in [0.2, 0.25) is 0 Å². The molecule has 3 N–H and O–H groups in total. The van der Waals surface area contributed by atoms with E-state index in [1.54, 1.807) is 0 Å². The summed E-state index contributed by atoms with van der Waals surface area (Å²) in [5.41, 5.74) is 5.38. The number of nitrogens with zero attached hydrogens (tertiary/aromatic N) is 3. The van der Waals surface area contributed by atoms with Gasteiger partial charge in [-0.15, -0.1) is 0 Å². The van der Waals surface area contributed by atoms with Crippen LogP contribution in [0.3, 0.4) is 0 Å². The molecule has 1 aromatic heterocycles. The van der Waals surface area contributed by atoms with E-state index in [0.29, 0.717) is 6.54 Å². The summed E-state index contributed by atoms with van der Waals surface area (Å²) in [7, 11) is 3.94. The lowest BCUT2D eigenvalue weighted by Gasteiger charge is -2.47. The Hall–Kier alpha value is -1.57. The lowest BCUT2D eigenvalue weighted by molar-refractivity contribution is -0.144. The molecule has 1 aliphatic rings. The summed E-state index contributed by atoms with van der Waals surface area (Å²) in [6.07, 6.45) is -1.44. The molecule has 20 heavy (non-hydrogen) atoms. The number of likely N-dealkylation sites (N-methyl/N-ethyl adjacent to an activating group) is 1. The number of alkyl halides is 3. The summed E-state index contributed by atoms with van der Waals surface area (Å²) in [4.78, 5) is 8.79. The SMILES string of the molecule is CN(C)C1(CNc2cc(N)nc(C(F)(F)F)n2)CCC1. The molecule has 0 atom stereocenters. The summed E-state index contributed by atoms with van der Waals surface area (Å²) in [5.74, 6) is -1.30. The number of hydrogen-bond donors (Lipinski definition) is 2. The first-order chi connectivity index (χ1) is 9.23. The van der Waals surface area contributed by atoms with Crippen LogP contribution in [0.4, 0.5) is 24.8 Å². The van der Waals surface area contributed by atoms with Crippen LogP contribution in [0.15, 0.2) is 6.07 Å². The second-order valence-corrected chi connectivity index (χ2v) is 5.33. The van der Waals surface area contributed by atoms with Gasteiger partial charge in [-0.2, -0.15) is 13.2 Å². The van der Waals surface area contributed by atoms with Gasteiger partial charge in [0.15, 0.2) is 0 Å². The highest BCUT2D eigenvalue weighted by Crippen LogP contribution is 2.36. The summed E-state index contributed by atoms with van der Waals surface area (Å²) in [5, 5.41) is 2.95. The van der Waals surface area contributed by atoms with Crippen molar-refractivity contribution in [2.24, 2.45) is 0 Å². The van der Waals surface area contributed by atoms with Crippen molar-refractivity contribution < 1.29 is 13.2 Å². The standard InChI is InChI=1S/C12H18F3N5/c1-20(2)11(4-3-5-11)7-17-9-6-8(16)18-10(19-9)12(13,14)15/h6H,3-5,7H2,1-2H3,(H3,16,17,18,19). The van der Waals surface area contributed by atoms with Crippen LogP contribution in [0.25, 0.3) is 0 Å². The van der Waals surface area contributed by atoms with Gasteiger partial charge in [0.2, 0.25) is 5.82 Å². The predicted octanol–water partition coefficient (Wildman–Crippen LogP) is 1.97. The van der Waals surface area contributed by atoms with Gasteiger partial charge < -0.3 is 16.0 Å². The molecule has 0 unspecified atom stereocenters. The number of aromatic nitrogens is 2. The molecule has 0 amide bonds. The molecule has 0 aromatic carbocycles. The largest absolute Gasteiger partial charge is 0.451 e. The molecule has 0 spiro atoms. The molecule has 1 heterocycles. The van der Waals surface area contributed by atoms with Crippen molar-refractivity contribution >= 4 is 11.6 Å². The third-order valence-corrected chi connectivity index (χ3v) is 3.83. The minimum atomic E-state index is -4.60. The second-order valence-electron chi connectivity index (χ2n) is 5.33. The van der Waals surface area contributed by atoms with Gasteiger partial charge in [0.1, 0.15) is 11.6 Å². The van der Waals surface area contributed by atoms with Crippen molar-refractivity contribution in [1.82, 2.24) is 14.9 Å². The highest BCUT2D eigenvalue weighted by atomic mass is 19.4. The maximum atomic E-state index is 12.6. The zero-order valence-electron chi connectivity index (χ0n) is 11.5. The number of nitrogens with one attached hydrogen (secondary N) is 1. The first-order valence-corrected chi connectivity index (χ1v) is 6.36. The van der Waals surface area contributed by atoms with Crippen molar-refractivity contribution in [3.8, 4) is 0 Å². The van der Waals surface area contributed by atoms with Crippen molar-refractivity contribution in [3.05, 3.63) is 11.9 Å². The Morgan fingerprint density at radius 3 is 2.45 bits per heavy atom. The average Bonchev–Trinajstić information content (AvgIpc) is 2.25. The average molecular weight is 289 g/mol. The van der Waals surface area contributed by atoms with Crippen molar-refractivity contribution in [3.63, 3.8) is 0 Å². The van der Waals surface area contributed by atoms with Crippen molar-refractivity contribution in [1.29, 1.82) is 0 Å². The first-order valence-electron chi connectivity index (χ1n) is 6.36. The fraction of sp³-hybridized carbons (Fsp3) is 0.667. The van der Waals surface area contributed by atoms with Crippen molar-refractivity contribution in [2.45, 2.75) is 31.0 Å². The Kier molecular flexibility index (Phi) is 3.77. The Balaban J connectivity index is 2.12. The fourth-order valence-corrected chi connectivity index (χ4v) is 2.31. The van der Waals surface area contributed by atoms with Gasteiger partial charge >= 0.3 is 6.18 Å². The molecule has 8 heteroatoms. The summed E-state index contributed by atoms with van der Waals surface area (Å²) in [6.45, 7) is 0.535. The Morgan fingerprint density at radius 1 is 1.35 bits per heavy atom. The van der Waals surface area contributed by atoms with E-state index in [2.05, 4.69) is 20.2 Å². The summed E-state index contributed by atoms with van der Waals surface area (Å²) < 4.78 is 37.8. The van der Waals surface area contributed by atoms with Crippen molar-refractivity contribution in [2.75, 3.05) is 31.7 Å². The van der Waals surface area contributed by atoms with E-state index in [0.717, 1.165) is 19.3 Å². The molecular weight excluding hydrogens is 271 g/mol. The fourth-order valence-electron chi connectivity index (χ4n) is 2.31. The topological polar surface area (TPSA) is 67.1 Å². The molecule has 0 saturated heterocycles. The van der Waals surface area contributed by atoms with E-state index >= 15 is 0 Å². The highest BCUT2D eigenvalue weighted by Gasteiger charge is 2.39. The van der Waals surface area contributed by atoms with Crippen LogP contribution in [-0.2, 0) is 6.18 Å². The monoisotopic (exact) mass is 289 g/mol. The Bertz CT molecular complexity index is 482. The molecular formula is C12H18F3N5. The zero-order chi connectivity index (χ0) is 15.0. The quantitative estimate of drug-likeness (QED) is 0.887. The molecule has 1 fully saturated rings. The van der Waals surface area contributed by atoms with Gasteiger partial charge in [-0.3, -0.25) is 0 Å². The van der Waals surface area contributed by atoms with E-state index in [9.17, 15) is 13.2 Å². The van der Waals surface area contributed by atoms with E-state index < -0.39 is 12.0 Å². The molecule has 112 valence electrons. The van der Waals surface area contributed by atoms with Crippen LogP contribution in [0.5, 0.6) is 0 Å². The minimum Gasteiger partial charge on any atom is -0.384 e. The molecule has 1 saturated carbocycles. The summed E-state index contributed by atoms with van der Waals surface area (Å²) >= 11 is 0. The highest BCUT2D eigenvalue weighted by molar-refractivity contribution is 5.45. The number of anilines is 2. The van der Waals surface area contributed by atoms with Gasteiger partial charge in [0, 0.05) is 18.2 Å². The van der Waals surface area contributed by atoms with Gasteiger partial charge in [-0.1, -0.05) is 0 Å². The van der Waals surface area contributed by atoms with E-state index in [1.807, 2.05) is 14.1 Å². The third kappa shape index (κ3) is 2.95. The number of halogens is 3. The van der Waals surface area contributed by atoms with Gasteiger partial charge in [-0.25, -0.2) is 9.97 Å². The maximum Gasteiger partial charge on any atom is 0.451 e. The number of hydrogen-bond acceptors (Lipinski definition) is 5. The molecule has 0 bridgehead atoms. The molecule has 1 aromatic rings. The maximum absolute atomic E-state index is 12.6. The van der Waals surface area contributed by atoms with Crippen LogP contribution < -0.4 is 11.1 Å². The molecule has 5 nitrogen and oxygen atoms in total. The van der Waals surface area contributed by atoms with Gasteiger partial charge in [0.25, 0.3) is 0 Å². The van der Waals surface area contributed by atoms with Crippen LogP contribution >= 0.6 is 0 Å². The zero-order valence-corrected chi connectivity index (χ0v) is 11.5. The van der Waals surface area contributed by atoms with Crippen LogP contribution in [0.1, 0.15) is 25.1 Å². The lowest BCUT2D eigenvalue weighted by atomic mass is 9.75. The number of nitrogen functional groups attached to an aromatic ring is 1. The Morgan fingerprint density at radius 2 is 2.00 bits per heavy atom. The van der Waals surface area contributed by atoms with E-state index in [4.69, 9.17) is 5.73 Å². The minimum absolute atomic E-state index is 0.0158. The predicted molar refractivity (Wildman–Crippen MR) is 70.2 cm³/mol. The number of nitrogens with two attached hydrogens (primary N) is 1. The van der Waals surface area contributed by atoms with E-state index in [-0.39, 0.29) is 17.2 Å². The smallest absolute Gasteiger partial charge is 0.384 e. The molecule has 1 aliphatic carbocycles. The summed E-state index contributed by atoms with van der Waals surface area (Å²) in [6, 6.07) is 1.32. The molecule has 0 aliphatic heterocycles. The van der Waals surface area contributed by atoms with Gasteiger partial charge in [0.05, 0.1) is 0 Å². The Labute approximate surface area is 115 Å². The van der Waals surface area contributed by atoms with E-state index in [1.165, 1.54) is 6.07 Å². The first kappa shape index (κ1) is 14.8. The second kappa shape index (κ2) is 5.08. The van der Waals surface area contributed by atoms with Crippen LogP contribution in [-0.4, -0.2) is 41.0 Å². The molecule has 0 radical (unpaired) electrons. The molecule has 2 rings (SSSR count).